The van der Waals surface area contributed by atoms with Crippen LogP contribution in [0.15, 0.2) is 12.1 Å². The van der Waals surface area contributed by atoms with E-state index in [0.717, 1.165) is 17.7 Å². The van der Waals surface area contributed by atoms with Crippen molar-refractivity contribution in [1.29, 1.82) is 0 Å². The maximum Gasteiger partial charge on any atom is 0.162 e. The number of rotatable bonds is 1. The summed E-state index contributed by atoms with van der Waals surface area (Å²) in [5.74, 6) is 1.83. The van der Waals surface area contributed by atoms with Gasteiger partial charge in [0.25, 0.3) is 0 Å². The van der Waals surface area contributed by atoms with Crippen molar-refractivity contribution in [3.8, 4) is 11.5 Å². The third kappa shape index (κ3) is 1.91. The largest absolute Gasteiger partial charge is 0.490 e. The molecule has 1 aromatic rings. The summed E-state index contributed by atoms with van der Waals surface area (Å²) in [6, 6.07) is 3.61. The summed E-state index contributed by atoms with van der Waals surface area (Å²) in [6.45, 7) is 1.35. The van der Waals surface area contributed by atoms with E-state index in [4.69, 9.17) is 32.7 Å². The number of ether oxygens (including phenoxy) is 2. The lowest BCUT2D eigenvalue weighted by atomic mass is 10.2. The second-order valence-corrected chi connectivity index (χ2v) is 3.75. The Morgan fingerprint density at radius 2 is 1.79 bits per heavy atom. The maximum atomic E-state index is 5.99. The average Bonchev–Trinajstić information content (AvgIpc) is 2.41. The lowest BCUT2D eigenvalue weighted by Crippen LogP contribution is -1.97. The molecule has 0 unspecified atom stereocenters. The highest BCUT2D eigenvalue weighted by Gasteiger charge is 2.13. The smallest absolute Gasteiger partial charge is 0.162 e. The highest BCUT2D eigenvalue weighted by Crippen LogP contribution is 2.35. The van der Waals surface area contributed by atoms with E-state index in [1.807, 2.05) is 6.07 Å². The van der Waals surface area contributed by atoms with Crippen molar-refractivity contribution in [3.05, 3.63) is 22.7 Å². The summed E-state index contributed by atoms with van der Waals surface area (Å²) in [7, 11) is 0. The molecule has 0 radical (unpaired) electrons. The van der Waals surface area contributed by atoms with Crippen LogP contribution in [0.5, 0.6) is 11.5 Å². The molecule has 4 heteroatoms. The SMILES string of the molecule is ClCc1cc2c(cc1Cl)OCCCO2. The Morgan fingerprint density at radius 3 is 2.43 bits per heavy atom. The molecule has 2 rings (SSSR count). The molecule has 0 spiro atoms. The van der Waals surface area contributed by atoms with Crippen molar-refractivity contribution in [1.82, 2.24) is 0 Å². The molecule has 1 heterocycles. The van der Waals surface area contributed by atoms with Gasteiger partial charge in [-0.25, -0.2) is 0 Å². The van der Waals surface area contributed by atoms with Crippen LogP contribution in [-0.2, 0) is 5.88 Å². The van der Waals surface area contributed by atoms with Crippen molar-refractivity contribution in [2.45, 2.75) is 12.3 Å². The molecule has 0 bridgehead atoms. The van der Waals surface area contributed by atoms with Gasteiger partial charge in [-0.1, -0.05) is 11.6 Å². The number of halogens is 2. The topological polar surface area (TPSA) is 18.5 Å². The number of alkyl halides is 1. The second kappa shape index (κ2) is 4.28. The van der Waals surface area contributed by atoms with Crippen LogP contribution >= 0.6 is 23.2 Å². The molecule has 0 aromatic heterocycles. The first-order chi connectivity index (χ1) is 6.81. The van der Waals surface area contributed by atoms with Gasteiger partial charge in [0.15, 0.2) is 11.5 Å². The lowest BCUT2D eigenvalue weighted by Gasteiger charge is -2.09. The summed E-state index contributed by atoms with van der Waals surface area (Å²) in [6.07, 6.45) is 0.891. The molecular weight excluding hydrogens is 223 g/mol. The van der Waals surface area contributed by atoms with Gasteiger partial charge in [-0.2, -0.15) is 0 Å². The van der Waals surface area contributed by atoms with Crippen molar-refractivity contribution >= 4 is 23.2 Å². The Hall–Kier alpha value is -0.600. The minimum Gasteiger partial charge on any atom is -0.490 e. The molecule has 0 atom stereocenters. The fourth-order valence-corrected chi connectivity index (χ4v) is 1.84. The summed E-state index contributed by atoms with van der Waals surface area (Å²) in [5.41, 5.74) is 0.873. The van der Waals surface area contributed by atoms with Gasteiger partial charge in [0, 0.05) is 23.4 Å². The lowest BCUT2D eigenvalue weighted by molar-refractivity contribution is 0.297. The van der Waals surface area contributed by atoms with Crippen LogP contribution in [0.4, 0.5) is 0 Å². The minimum atomic E-state index is 0.384. The molecule has 76 valence electrons. The predicted octanol–water partition coefficient (Wildman–Crippen LogP) is 3.24. The Balaban J connectivity index is 2.41. The molecule has 1 aromatic carbocycles. The van der Waals surface area contributed by atoms with Gasteiger partial charge >= 0.3 is 0 Å². The van der Waals surface area contributed by atoms with Crippen LogP contribution in [0.25, 0.3) is 0 Å². The van der Waals surface area contributed by atoms with Crippen LogP contribution < -0.4 is 9.47 Å². The summed E-state index contributed by atoms with van der Waals surface area (Å²) >= 11 is 11.7. The third-order valence-corrected chi connectivity index (χ3v) is 2.70. The molecule has 0 aliphatic carbocycles. The van der Waals surface area contributed by atoms with Gasteiger partial charge in [0.05, 0.1) is 13.2 Å². The van der Waals surface area contributed by atoms with Crippen LogP contribution in [0, 0.1) is 0 Å². The highest BCUT2D eigenvalue weighted by atomic mass is 35.5. The molecule has 2 nitrogen and oxygen atoms in total. The van der Waals surface area contributed by atoms with Crippen LogP contribution in [0.1, 0.15) is 12.0 Å². The second-order valence-electron chi connectivity index (χ2n) is 3.07. The maximum absolute atomic E-state index is 5.99. The highest BCUT2D eigenvalue weighted by molar-refractivity contribution is 6.32. The zero-order chi connectivity index (χ0) is 9.97. The van der Waals surface area contributed by atoms with Gasteiger partial charge < -0.3 is 9.47 Å². The number of hydrogen-bond donors (Lipinski definition) is 0. The van der Waals surface area contributed by atoms with Gasteiger partial charge in [0.1, 0.15) is 0 Å². The molecule has 14 heavy (non-hydrogen) atoms. The van der Waals surface area contributed by atoms with E-state index in [2.05, 4.69) is 0 Å². The van der Waals surface area contributed by atoms with E-state index in [-0.39, 0.29) is 0 Å². The standard InChI is InChI=1S/C10H10Cl2O2/c11-6-7-4-9-10(5-8(7)12)14-3-1-2-13-9/h4-5H,1-3,6H2. The first-order valence-corrected chi connectivity index (χ1v) is 5.36. The molecule has 0 saturated heterocycles. The van der Waals surface area contributed by atoms with Gasteiger partial charge in [-0.15, -0.1) is 11.6 Å². The monoisotopic (exact) mass is 232 g/mol. The first kappa shape index (κ1) is 9.94. The van der Waals surface area contributed by atoms with E-state index >= 15 is 0 Å². The summed E-state index contributed by atoms with van der Waals surface area (Å²) in [4.78, 5) is 0. The zero-order valence-corrected chi connectivity index (χ0v) is 9.07. The number of benzene rings is 1. The Kier molecular flexibility index (Phi) is 3.04. The van der Waals surface area contributed by atoms with Crippen LogP contribution in [-0.4, -0.2) is 13.2 Å². The van der Waals surface area contributed by atoms with E-state index in [1.165, 1.54) is 0 Å². The van der Waals surface area contributed by atoms with Crippen molar-refractivity contribution in [2.24, 2.45) is 0 Å². The quantitative estimate of drug-likeness (QED) is 0.693. The number of fused-ring (bicyclic) bond motifs is 1. The Labute approximate surface area is 92.7 Å². The van der Waals surface area contributed by atoms with Crippen LogP contribution in [0.3, 0.4) is 0 Å². The van der Waals surface area contributed by atoms with Gasteiger partial charge in [0.2, 0.25) is 0 Å². The Bertz CT molecular complexity index is 339. The van der Waals surface area contributed by atoms with E-state index in [0.29, 0.717) is 29.9 Å². The number of hydrogen-bond acceptors (Lipinski definition) is 2. The fraction of sp³-hybridized carbons (Fsp3) is 0.400. The molecule has 0 fully saturated rings. The predicted molar refractivity (Wildman–Crippen MR) is 56.6 cm³/mol. The van der Waals surface area contributed by atoms with Gasteiger partial charge in [-0.3, -0.25) is 0 Å². The summed E-state index contributed by atoms with van der Waals surface area (Å²) < 4.78 is 11.0. The normalized spacial score (nSPS) is 15.0. The van der Waals surface area contributed by atoms with Gasteiger partial charge in [-0.05, 0) is 11.6 Å². The molecule has 0 N–H and O–H groups in total. The van der Waals surface area contributed by atoms with E-state index in [9.17, 15) is 0 Å². The van der Waals surface area contributed by atoms with Crippen molar-refractivity contribution in [2.75, 3.05) is 13.2 Å². The molecule has 1 aliphatic heterocycles. The molecule has 0 saturated carbocycles. The Morgan fingerprint density at radius 1 is 1.14 bits per heavy atom. The van der Waals surface area contributed by atoms with E-state index in [1.54, 1.807) is 6.07 Å². The molecule has 0 amide bonds. The fourth-order valence-electron chi connectivity index (χ4n) is 1.33. The molecular formula is C10H10Cl2O2. The summed E-state index contributed by atoms with van der Waals surface area (Å²) in [5, 5.41) is 0.629. The minimum absolute atomic E-state index is 0.384. The van der Waals surface area contributed by atoms with Crippen LogP contribution in [0.2, 0.25) is 5.02 Å². The van der Waals surface area contributed by atoms with E-state index < -0.39 is 0 Å². The van der Waals surface area contributed by atoms with Crippen molar-refractivity contribution in [3.63, 3.8) is 0 Å². The van der Waals surface area contributed by atoms with Crippen molar-refractivity contribution < 1.29 is 9.47 Å². The average molecular weight is 233 g/mol. The first-order valence-electron chi connectivity index (χ1n) is 4.45. The molecule has 1 aliphatic rings. The third-order valence-electron chi connectivity index (χ3n) is 2.06. The zero-order valence-electron chi connectivity index (χ0n) is 7.56.